The molecule has 1 aromatic rings. The van der Waals surface area contributed by atoms with Crippen molar-refractivity contribution in [2.24, 2.45) is 30.2 Å². The number of rotatable bonds is 5. The quantitative estimate of drug-likeness (QED) is 0.612. The molecule has 126 valence electrons. The van der Waals surface area contributed by atoms with Gasteiger partial charge in [0, 0.05) is 13.5 Å². The lowest BCUT2D eigenvalue weighted by molar-refractivity contribution is -0.137. The van der Waals surface area contributed by atoms with Gasteiger partial charge in [-0.25, -0.2) is 0 Å². The third kappa shape index (κ3) is 2.90. The summed E-state index contributed by atoms with van der Waals surface area (Å²) >= 11 is 1.41. The first-order valence-corrected chi connectivity index (χ1v) is 9.63. The molecule has 1 aromatic heterocycles. The molecule has 4 fully saturated rings. The molecule has 1 heterocycles. The van der Waals surface area contributed by atoms with Crippen LogP contribution in [0.3, 0.4) is 0 Å². The van der Waals surface area contributed by atoms with E-state index in [2.05, 4.69) is 14.8 Å². The van der Waals surface area contributed by atoms with E-state index in [-0.39, 0.29) is 5.97 Å². The van der Waals surface area contributed by atoms with Gasteiger partial charge < -0.3 is 9.30 Å². The number of carbonyl (C=O) groups is 1. The molecule has 4 aliphatic rings. The second-order valence-corrected chi connectivity index (χ2v) is 8.86. The van der Waals surface area contributed by atoms with E-state index in [9.17, 15) is 4.79 Å². The van der Waals surface area contributed by atoms with Crippen LogP contribution in [0.2, 0.25) is 0 Å². The first kappa shape index (κ1) is 15.5. The van der Waals surface area contributed by atoms with Crippen molar-refractivity contribution >= 4 is 17.7 Å². The van der Waals surface area contributed by atoms with Gasteiger partial charge in [0.25, 0.3) is 0 Å². The summed E-state index contributed by atoms with van der Waals surface area (Å²) in [5, 5.41) is 9.54. The highest BCUT2D eigenvalue weighted by atomic mass is 32.2. The van der Waals surface area contributed by atoms with Crippen LogP contribution in [0.4, 0.5) is 0 Å². The van der Waals surface area contributed by atoms with Crippen molar-refractivity contribution in [3.8, 4) is 0 Å². The Labute approximate surface area is 141 Å². The molecular formula is C17H25N3O2S. The Kier molecular flexibility index (Phi) is 3.90. The number of ether oxygens (including phenoxy) is 1. The topological polar surface area (TPSA) is 57.0 Å². The number of thioether (sulfide) groups is 1. The van der Waals surface area contributed by atoms with Crippen LogP contribution in [0.5, 0.6) is 0 Å². The van der Waals surface area contributed by atoms with Crippen LogP contribution in [-0.4, -0.2) is 33.6 Å². The molecular weight excluding hydrogens is 310 g/mol. The average Bonchev–Trinajstić information content (AvgIpc) is 2.83. The lowest BCUT2D eigenvalue weighted by atomic mass is 9.49. The van der Waals surface area contributed by atoms with Crippen LogP contribution in [0.25, 0.3) is 0 Å². The summed E-state index contributed by atoms with van der Waals surface area (Å²) in [6.07, 6.45) is 9.62. The fourth-order valence-electron chi connectivity index (χ4n) is 5.65. The maximum Gasteiger partial charge on any atom is 0.316 e. The summed E-state index contributed by atoms with van der Waals surface area (Å²) in [5.74, 6) is 4.03. The molecule has 0 amide bonds. The standard InChI is InChI=1S/C17H25N3O2S/c1-20-14(18-19-16(20)23-10-15(21)22-2)9-17-6-11-3-12(7-17)5-13(4-11)8-17/h11-13H,3-10H2,1-2H3. The van der Waals surface area contributed by atoms with Crippen molar-refractivity contribution in [2.75, 3.05) is 12.9 Å². The predicted octanol–water partition coefficient (Wildman–Crippen LogP) is 2.84. The molecule has 23 heavy (non-hydrogen) atoms. The second kappa shape index (κ2) is 5.80. The van der Waals surface area contributed by atoms with Gasteiger partial charge in [0.1, 0.15) is 5.82 Å². The molecule has 0 aliphatic heterocycles. The second-order valence-electron chi connectivity index (χ2n) is 7.92. The summed E-state index contributed by atoms with van der Waals surface area (Å²) in [6, 6.07) is 0. The molecule has 0 atom stereocenters. The van der Waals surface area contributed by atoms with E-state index in [0.29, 0.717) is 11.2 Å². The first-order valence-electron chi connectivity index (χ1n) is 8.65. The molecule has 6 heteroatoms. The fourth-order valence-corrected chi connectivity index (χ4v) is 6.41. The van der Waals surface area contributed by atoms with Crippen LogP contribution in [0.15, 0.2) is 5.16 Å². The first-order chi connectivity index (χ1) is 11.1. The van der Waals surface area contributed by atoms with E-state index >= 15 is 0 Å². The zero-order valence-corrected chi connectivity index (χ0v) is 14.8. The zero-order chi connectivity index (χ0) is 16.0. The summed E-state index contributed by atoms with van der Waals surface area (Å²) in [5.41, 5.74) is 0.472. The molecule has 5 rings (SSSR count). The molecule has 0 unspecified atom stereocenters. The lowest BCUT2D eigenvalue weighted by Gasteiger charge is -2.56. The van der Waals surface area contributed by atoms with Crippen molar-refractivity contribution < 1.29 is 9.53 Å². The normalized spacial score (nSPS) is 34.8. The smallest absolute Gasteiger partial charge is 0.316 e. The van der Waals surface area contributed by atoms with E-state index in [4.69, 9.17) is 4.74 Å². The molecule has 4 bridgehead atoms. The maximum atomic E-state index is 11.3. The molecule has 0 N–H and O–H groups in total. The van der Waals surface area contributed by atoms with E-state index < -0.39 is 0 Å². The summed E-state index contributed by atoms with van der Waals surface area (Å²) < 4.78 is 6.77. The van der Waals surface area contributed by atoms with Gasteiger partial charge in [-0.3, -0.25) is 4.79 Å². The Balaban J connectivity index is 1.47. The van der Waals surface area contributed by atoms with Gasteiger partial charge in [-0.15, -0.1) is 10.2 Å². The van der Waals surface area contributed by atoms with Gasteiger partial charge in [-0.05, 0) is 61.7 Å². The Morgan fingerprint density at radius 1 is 1.22 bits per heavy atom. The van der Waals surface area contributed by atoms with Crippen LogP contribution >= 0.6 is 11.8 Å². The van der Waals surface area contributed by atoms with Gasteiger partial charge in [0.2, 0.25) is 0 Å². The molecule has 4 aliphatic carbocycles. The van der Waals surface area contributed by atoms with E-state index in [0.717, 1.165) is 35.2 Å². The Bertz CT molecular complexity index is 578. The highest BCUT2D eigenvalue weighted by Gasteiger charge is 2.51. The average molecular weight is 335 g/mol. The van der Waals surface area contributed by atoms with Crippen LogP contribution in [0, 0.1) is 23.2 Å². The largest absolute Gasteiger partial charge is 0.468 e. The number of esters is 1. The number of nitrogens with zero attached hydrogens (tertiary/aromatic N) is 3. The van der Waals surface area contributed by atoms with E-state index in [1.807, 2.05) is 7.05 Å². The SMILES string of the molecule is COC(=O)CSc1nnc(CC23CC4CC(CC(C4)C2)C3)n1C. The number of carbonyl (C=O) groups excluding carboxylic acids is 1. The van der Waals surface area contributed by atoms with Crippen LogP contribution in [0.1, 0.15) is 44.3 Å². The summed E-state index contributed by atoms with van der Waals surface area (Å²) in [6.45, 7) is 0. The minimum absolute atomic E-state index is 0.222. The molecule has 4 saturated carbocycles. The third-order valence-electron chi connectivity index (χ3n) is 6.17. The number of methoxy groups -OCH3 is 1. The highest BCUT2D eigenvalue weighted by molar-refractivity contribution is 7.99. The summed E-state index contributed by atoms with van der Waals surface area (Å²) in [4.78, 5) is 11.3. The third-order valence-corrected chi connectivity index (χ3v) is 7.16. The van der Waals surface area contributed by atoms with Gasteiger partial charge in [0.05, 0.1) is 12.9 Å². The van der Waals surface area contributed by atoms with Crippen molar-refractivity contribution in [3.63, 3.8) is 0 Å². The van der Waals surface area contributed by atoms with Gasteiger partial charge in [-0.2, -0.15) is 0 Å². The van der Waals surface area contributed by atoms with Gasteiger partial charge >= 0.3 is 5.97 Å². The number of hydrogen-bond acceptors (Lipinski definition) is 5. The van der Waals surface area contributed by atoms with Crippen molar-refractivity contribution in [1.29, 1.82) is 0 Å². The maximum absolute atomic E-state index is 11.3. The Morgan fingerprint density at radius 2 is 1.83 bits per heavy atom. The molecule has 0 saturated heterocycles. The molecule has 5 nitrogen and oxygen atoms in total. The fraction of sp³-hybridized carbons (Fsp3) is 0.824. The minimum Gasteiger partial charge on any atom is -0.468 e. The molecule has 0 aromatic carbocycles. The summed E-state index contributed by atoms with van der Waals surface area (Å²) in [7, 11) is 3.44. The van der Waals surface area contributed by atoms with Gasteiger partial charge in [0.15, 0.2) is 5.16 Å². The zero-order valence-electron chi connectivity index (χ0n) is 14.0. The monoisotopic (exact) mass is 335 g/mol. The molecule has 0 radical (unpaired) electrons. The van der Waals surface area contributed by atoms with Gasteiger partial charge in [-0.1, -0.05) is 11.8 Å². The van der Waals surface area contributed by atoms with Crippen molar-refractivity contribution in [1.82, 2.24) is 14.8 Å². The Hall–Kier alpha value is -1.04. The minimum atomic E-state index is -0.222. The molecule has 0 spiro atoms. The Morgan fingerprint density at radius 3 is 2.39 bits per heavy atom. The van der Waals surface area contributed by atoms with Crippen LogP contribution < -0.4 is 0 Å². The predicted molar refractivity (Wildman–Crippen MR) is 88.1 cm³/mol. The lowest BCUT2D eigenvalue weighted by Crippen LogP contribution is -2.47. The van der Waals surface area contributed by atoms with E-state index in [1.165, 1.54) is 57.4 Å². The van der Waals surface area contributed by atoms with Crippen LogP contribution in [-0.2, 0) is 23.0 Å². The van der Waals surface area contributed by atoms with Crippen molar-refractivity contribution in [2.45, 2.75) is 50.1 Å². The van der Waals surface area contributed by atoms with Crippen molar-refractivity contribution in [3.05, 3.63) is 5.82 Å². The number of hydrogen-bond donors (Lipinski definition) is 0. The van der Waals surface area contributed by atoms with E-state index in [1.54, 1.807) is 0 Å². The highest BCUT2D eigenvalue weighted by Crippen LogP contribution is 2.60. The number of aromatic nitrogens is 3.